The van der Waals surface area contributed by atoms with Gasteiger partial charge in [0.15, 0.2) is 11.5 Å². The van der Waals surface area contributed by atoms with Crippen molar-refractivity contribution in [2.45, 2.75) is 11.8 Å². The largest absolute Gasteiger partial charge is 0.493 e. The first kappa shape index (κ1) is 21.0. The molecule has 3 rings (SSSR count). The van der Waals surface area contributed by atoms with Gasteiger partial charge in [-0.2, -0.15) is 11.3 Å². The maximum atomic E-state index is 12.3. The number of methoxy groups -OCH3 is 3. The van der Waals surface area contributed by atoms with Crippen LogP contribution in [0.5, 0.6) is 17.2 Å². The lowest BCUT2D eigenvalue weighted by Crippen LogP contribution is -2.27. The van der Waals surface area contributed by atoms with Gasteiger partial charge in [0.2, 0.25) is 17.5 Å². The molecular weight excluding hydrogens is 414 g/mol. The first-order chi connectivity index (χ1) is 14.0. The summed E-state index contributed by atoms with van der Waals surface area (Å²) in [5, 5.41) is 12.4. The molecule has 3 aromatic rings. The third-order valence-corrected chi connectivity index (χ3v) is 5.60. The Morgan fingerprint density at radius 1 is 1.17 bits per heavy atom. The van der Waals surface area contributed by atoms with Crippen LogP contribution < -0.4 is 14.2 Å². The number of benzene rings is 1. The van der Waals surface area contributed by atoms with E-state index in [9.17, 15) is 4.79 Å². The van der Waals surface area contributed by atoms with Gasteiger partial charge >= 0.3 is 0 Å². The molecule has 154 valence electrons. The predicted octanol–water partition coefficient (Wildman–Crippen LogP) is 3.57. The van der Waals surface area contributed by atoms with Crippen LogP contribution in [0.2, 0.25) is 0 Å². The van der Waals surface area contributed by atoms with Crippen LogP contribution in [0, 0.1) is 0 Å². The van der Waals surface area contributed by atoms with Gasteiger partial charge in [0.1, 0.15) is 0 Å². The number of ether oxygens (including phenoxy) is 3. The topological polar surface area (TPSA) is 86.9 Å². The molecule has 0 atom stereocenters. The SMILES string of the molecule is COc1cc(-c2nnc(SCC(=O)N(C)Cc3ccsc3)o2)cc(OC)c1OC. The van der Waals surface area contributed by atoms with Crippen molar-refractivity contribution in [3.8, 4) is 28.7 Å². The number of thioether (sulfide) groups is 1. The number of carbonyl (C=O) groups excluding carboxylic acids is 1. The zero-order valence-corrected chi connectivity index (χ0v) is 18.1. The van der Waals surface area contributed by atoms with E-state index in [-0.39, 0.29) is 11.7 Å². The maximum absolute atomic E-state index is 12.3. The number of nitrogens with zero attached hydrogens (tertiary/aromatic N) is 3. The highest BCUT2D eigenvalue weighted by molar-refractivity contribution is 7.99. The quantitative estimate of drug-likeness (QED) is 0.472. The van der Waals surface area contributed by atoms with Gasteiger partial charge in [0, 0.05) is 19.2 Å². The van der Waals surface area contributed by atoms with Crippen LogP contribution in [-0.2, 0) is 11.3 Å². The van der Waals surface area contributed by atoms with E-state index >= 15 is 0 Å². The Morgan fingerprint density at radius 2 is 1.90 bits per heavy atom. The molecule has 1 amide bonds. The Morgan fingerprint density at radius 3 is 2.48 bits per heavy atom. The molecular formula is C19H21N3O5S2. The van der Waals surface area contributed by atoms with E-state index in [0.717, 1.165) is 5.56 Å². The Hall–Kier alpha value is -2.72. The summed E-state index contributed by atoms with van der Waals surface area (Å²) in [5.41, 5.74) is 1.73. The first-order valence-corrected chi connectivity index (χ1v) is 10.5. The Bertz CT molecular complexity index is 934. The molecule has 2 heterocycles. The van der Waals surface area contributed by atoms with E-state index in [1.54, 1.807) is 35.4 Å². The van der Waals surface area contributed by atoms with E-state index < -0.39 is 0 Å². The summed E-state index contributed by atoms with van der Waals surface area (Å²) >= 11 is 2.81. The molecule has 0 unspecified atom stereocenters. The molecule has 0 aliphatic rings. The molecule has 1 aromatic carbocycles. The maximum Gasteiger partial charge on any atom is 0.277 e. The van der Waals surface area contributed by atoms with Gasteiger partial charge in [0.25, 0.3) is 5.22 Å². The molecule has 0 N–H and O–H groups in total. The number of rotatable bonds is 9. The van der Waals surface area contributed by atoms with Crippen LogP contribution in [0.3, 0.4) is 0 Å². The molecule has 0 bridgehead atoms. The van der Waals surface area contributed by atoms with Crippen LogP contribution in [0.1, 0.15) is 5.56 Å². The van der Waals surface area contributed by atoms with Crippen LogP contribution in [0.15, 0.2) is 38.6 Å². The predicted molar refractivity (Wildman–Crippen MR) is 111 cm³/mol. The smallest absolute Gasteiger partial charge is 0.277 e. The van der Waals surface area contributed by atoms with E-state index in [1.165, 1.54) is 33.1 Å². The fourth-order valence-electron chi connectivity index (χ4n) is 2.57. The molecule has 29 heavy (non-hydrogen) atoms. The summed E-state index contributed by atoms with van der Waals surface area (Å²) in [5.74, 6) is 1.93. The van der Waals surface area contributed by atoms with Gasteiger partial charge in [0.05, 0.1) is 27.1 Å². The monoisotopic (exact) mass is 435 g/mol. The number of thiophene rings is 1. The molecule has 0 radical (unpaired) electrons. The van der Waals surface area contributed by atoms with Crippen LogP contribution in [0.25, 0.3) is 11.5 Å². The van der Waals surface area contributed by atoms with Crippen LogP contribution >= 0.6 is 23.1 Å². The average Bonchev–Trinajstić information content (AvgIpc) is 3.42. The highest BCUT2D eigenvalue weighted by Crippen LogP contribution is 2.41. The minimum absolute atomic E-state index is 0.0197. The second-order valence-corrected chi connectivity index (χ2v) is 7.66. The van der Waals surface area contributed by atoms with Crippen LogP contribution in [0.4, 0.5) is 0 Å². The van der Waals surface area contributed by atoms with Crippen molar-refractivity contribution < 1.29 is 23.4 Å². The van der Waals surface area contributed by atoms with Crippen molar-refractivity contribution in [1.29, 1.82) is 0 Å². The lowest BCUT2D eigenvalue weighted by atomic mass is 10.2. The fourth-order valence-corrected chi connectivity index (χ4v) is 3.93. The normalized spacial score (nSPS) is 10.6. The van der Waals surface area contributed by atoms with Crippen molar-refractivity contribution in [2.24, 2.45) is 0 Å². The molecule has 2 aromatic heterocycles. The third kappa shape index (κ3) is 5.01. The highest BCUT2D eigenvalue weighted by Gasteiger charge is 2.18. The third-order valence-electron chi connectivity index (χ3n) is 4.06. The summed E-state index contributed by atoms with van der Waals surface area (Å²) < 4.78 is 21.7. The number of hydrogen-bond donors (Lipinski definition) is 0. The zero-order valence-electron chi connectivity index (χ0n) is 16.5. The van der Waals surface area contributed by atoms with Crippen molar-refractivity contribution in [3.05, 3.63) is 34.5 Å². The summed E-state index contributed by atoms with van der Waals surface area (Å²) in [6.45, 7) is 0.573. The lowest BCUT2D eigenvalue weighted by molar-refractivity contribution is -0.127. The average molecular weight is 436 g/mol. The molecule has 0 saturated carbocycles. The molecule has 8 nitrogen and oxygen atoms in total. The molecule has 0 spiro atoms. The Kier molecular flexibility index (Phi) is 6.99. The van der Waals surface area contributed by atoms with Gasteiger partial charge in [-0.05, 0) is 34.5 Å². The number of amides is 1. The summed E-state index contributed by atoms with van der Waals surface area (Å²) in [6.07, 6.45) is 0. The minimum atomic E-state index is -0.0197. The van der Waals surface area contributed by atoms with Crippen molar-refractivity contribution in [1.82, 2.24) is 15.1 Å². The van der Waals surface area contributed by atoms with Crippen molar-refractivity contribution in [3.63, 3.8) is 0 Å². The second kappa shape index (κ2) is 9.66. The zero-order chi connectivity index (χ0) is 20.8. The molecule has 0 saturated heterocycles. The van der Waals surface area contributed by atoms with E-state index in [4.69, 9.17) is 18.6 Å². The standard InChI is InChI=1S/C19H21N3O5S2/c1-22(9-12-5-6-28-10-12)16(23)11-29-19-21-20-18(27-19)13-7-14(24-2)17(26-4)15(8-13)25-3/h5-8,10H,9,11H2,1-4H3. The van der Waals surface area contributed by atoms with Gasteiger partial charge in [-0.25, -0.2) is 0 Å². The Balaban J connectivity index is 1.67. The van der Waals surface area contributed by atoms with Crippen molar-refractivity contribution >= 4 is 29.0 Å². The number of carbonyl (C=O) groups is 1. The molecule has 0 aliphatic carbocycles. The van der Waals surface area contributed by atoms with E-state index in [2.05, 4.69) is 10.2 Å². The molecule has 0 aliphatic heterocycles. The van der Waals surface area contributed by atoms with Gasteiger partial charge in [-0.3, -0.25) is 4.79 Å². The van der Waals surface area contributed by atoms with Gasteiger partial charge in [-0.15, -0.1) is 10.2 Å². The Labute approximate surface area is 176 Å². The number of aromatic nitrogens is 2. The molecule has 10 heteroatoms. The first-order valence-electron chi connectivity index (χ1n) is 8.57. The van der Waals surface area contributed by atoms with E-state index in [1.807, 2.05) is 16.8 Å². The summed E-state index contributed by atoms with van der Waals surface area (Å²) in [7, 11) is 6.38. The summed E-state index contributed by atoms with van der Waals surface area (Å²) in [6, 6.07) is 5.45. The van der Waals surface area contributed by atoms with Gasteiger partial charge in [-0.1, -0.05) is 11.8 Å². The van der Waals surface area contributed by atoms with Gasteiger partial charge < -0.3 is 23.5 Å². The molecule has 0 fully saturated rings. The van der Waals surface area contributed by atoms with Crippen LogP contribution in [-0.4, -0.2) is 55.1 Å². The minimum Gasteiger partial charge on any atom is -0.493 e. The summed E-state index contributed by atoms with van der Waals surface area (Å²) in [4.78, 5) is 14.0. The lowest BCUT2D eigenvalue weighted by Gasteiger charge is -2.15. The van der Waals surface area contributed by atoms with Crippen molar-refractivity contribution in [2.75, 3.05) is 34.1 Å². The second-order valence-electron chi connectivity index (χ2n) is 5.96. The number of hydrogen-bond acceptors (Lipinski definition) is 9. The van der Waals surface area contributed by atoms with E-state index in [0.29, 0.717) is 40.5 Å². The highest BCUT2D eigenvalue weighted by atomic mass is 32.2. The fraction of sp³-hybridized carbons (Fsp3) is 0.316.